The third-order valence-corrected chi connectivity index (χ3v) is 5.29. The van der Waals surface area contributed by atoms with E-state index in [1.165, 1.54) is 16.3 Å². The number of carbonyl (C=O) groups excluding carboxylic acids is 1. The average molecular weight is 382 g/mol. The number of rotatable bonds is 6. The molecule has 0 aliphatic carbocycles. The van der Waals surface area contributed by atoms with Crippen molar-refractivity contribution in [1.29, 1.82) is 0 Å². The highest BCUT2D eigenvalue weighted by Gasteiger charge is 2.16. The van der Waals surface area contributed by atoms with Gasteiger partial charge in [-0.05, 0) is 37.1 Å². The van der Waals surface area contributed by atoms with Gasteiger partial charge in [0, 0.05) is 12.2 Å². The molecule has 1 unspecified atom stereocenters. The van der Waals surface area contributed by atoms with Crippen LogP contribution in [0.25, 0.3) is 16.7 Å². The van der Waals surface area contributed by atoms with Crippen molar-refractivity contribution in [2.75, 3.05) is 5.75 Å². The van der Waals surface area contributed by atoms with Gasteiger partial charge in [-0.25, -0.2) is 9.97 Å². The molecule has 0 saturated heterocycles. The van der Waals surface area contributed by atoms with Crippen molar-refractivity contribution in [3.05, 3.63) is 59.0 Å². The van der Waals surface area contributed by atoms with Gasteiger partial charge in [-0.2, -0.15) is 0 Å². The number of nitrogens with one attached hydrogen (secondary N) is 1. The molecule has 3 aromatic rings. The lowest BCUT2D eigenvalue weighted by atomic mass is 10.1. The number of fused-ring (bicyclic) bond motifs is 1. The van der Waals surface area contributed by atoms with E-state index in [2.05, 4.69) is 29.1 Å². The van der Waals surface area contributed by atoms with Crippen LogP contribution in [0, 0.1) is 5.92 Å². The van der Waals surface area contributed by atoms with Crippen LogP contribution in [0.2, 0.25) is 0 Å². The number of hydrogen-bond acceptors (Lipinski definition) is 5. The minimum absolute atomic E-state index is 0.0839. The number of para-hydroxylation sites is 1. The van der Waals surface area contributed by atoms with Crippen molar-refractivity contribution < 1.29 is 4.79 Å². The monoisotopic (exact) mass is 382 g/mol. The van der Waals surface area contributed by atoms with E-state index >= 15 is 0 Å². The molecular formula is C20H22N4O2S. The summed E-state index contributed by atoms with van der Waals surface area (Å²) in [7, 11) is 0. The number of pyridine rings is 1. The molecule has 7 heteroatoms. The topological polar surface area (TPSA) is 76.9 Å². The van der Waals surface area contributed by atoms with Crippen LogP contribution < -0.4 is 10.9 Å². The molecule has 27 heavy (non-hydrogen) atoms. The highest BCUT2D eigenvalue weighted by Crippen LogP contribution is 2.20. The first-order chi connectivity index (χ1) is 13.0. The van der Waals surface area contributed by atoms with Gasteiger partial charge in [0.1, 0.15) is 0 Å². The number of amides is 1. The van der Waals surface area contributed by atoms with E-state index in [-0.39, 0.29) is 23.3 Å². The molecule has 1 N–H and O–H groups in total. The first-order valence-electron chi connectivity index (χ1n) is 8.82. The summed E-state index contributed by atoms with van der Waals surface area (Å²) >= 11 is 1.23. The molecule has 140 valence electrons. The molecule has 3 rings (SSSR count). The zero-order valence-electron chi connectivity index (χ0n) is 15.5. The van der Waals surface area contributed by atoms with Crippen LogP contribution in [0.5, 0.6) is 0 Å². The second kappa shape index (κ2) is 8.35. The second-order valence-electron chi connectivity index (χ2n) is 6.63. The zero-order valence-corrected chi connectivity index (χ0v) is 16.4. The molecular weight excluding hydrogens is 360 g/mol. The van der Waals surface area contributed by atoms with Crippen LogP contribution in [0.15, 0.2) is 58.6 Å². The van der Waals surface area contributed by atoms with Crippen molar-refractivity contribution >= 4 is 28.7 Å². The fourth-order valence-corrected chi connectivity index (χ4v) is 3.31. The lowest BCUT2D eigenvalue weighted by Crippen LogP contribution is -2.37. The first kappa shape index (κ1) is 19.1. The Bertz CT molecular complexity index is 1000. The molecule has 0 aliphatic rings. The second-order valence-corrected chi connectivity index (χ2v) is 7.58. The Morgan fingerprint density at radius 3 is 2.59 bits per heavy atom. The third-order valence-electron chi connectivity index (χ3n) is 4.35. The van der Waals surface area contributed by atoms with Crippen molar-refractivity contribution in [2.24, 2.45) is 5.92 Å². The predicted octanol–water partition coefficient (Wildman–Crippen LogP) is 3.03. The highest BCUT2D eigenvalue weighted by atomic mass is 32.2. The summed E-state index contributed by atoms with van der Waals surface area (Å²) < 4.78 is 1.54. The van der Waals surface area contributed by atoms with Crippen LogP contribution in [0.1, 0.15) is 20.8 Å². The molecule has 6 nitrogen and oxygen atoms in total. The molecule has 0 radical (unpaired) electrons. The Kier molecular flexibility index (Phi) is 5.91. The van der Waals surface area contributed by atoms with Crippen LogP contribution in [-0.4, -0.2) is 32.2 Å². The van der Waals surface area contributed by atoms with Crippen LogP contribution >= 0.6 is 11.8 Å². The number of nitrogens with zero attached hydrogens (tertiary/aromatic N) is 3. The van der Waals surface area contributed by atoms with E-state index in [1.54, 1.807) is 18.3 Å². The predicted molar refractivity (Wildman–Crippen MR) is 108 cm³/mol. The average Bonchev–Trinajstić information content (AvgIpc) is 2.67. The molecule has 2 aromatic heterocycles. The minimum Gasteiger partial charge on any atom is -0.353 e. The first-order valence-corrected chi connectivity index (χ1v) is 9.81. The Hall–Kier alpha value is -2.67. The van der Waals surface area contributed by atoms with Gasteiger partial charge in [0.2, 0.25) is 5.91 Å². The number of hydrogen-bond donors (Lipinski definition) is 1. The van der Waals surface area contributed by atoms with Gasteiger partial charge in [0.25, 0.3) is 5.56 Å². The van der Waals surface area contributed by atoms with E-state index in [0.29, 0.717) is 27.8 Å². The summed E-state index contributed by atoms with van der Waals surface area (Å²) in [6.45, 7) is 6.09. The van der Waals surface area contributed by atoms with Crippen LogP contribution in [0.3, 0.4) is 0 Å². The normalized spacial score (nSPS) is 12.3. The smallest absolute Gasteiger partial charge is 0.268 e. The number of carbonyl (C=O) groups is 1. The Morgan fingerprint density at radius 1 is 1.15 bits per heavy atom. The molecule has 0 saturated carbocycles. The molecule has 1 atom stereocenters. The number of benzene rings is 1. The standard InChI is InChI=1S/C20H22N4O2S/c1-13(2)14(3)22-17(25)12-27-20-23-18-16(10-7-11-21-18)19(26)24(20)15-8-5-4-6-9-15/h4-11,13-14H,12H2,1-3H3,(H,22,25). The zero-order chi connectivity index (χ0) is 19.4. The van der Waals surface area contributed by atoms with Gasteiger partial charge < -0.3 is 5.32 Å². The molecule has 1 aromatic carbocycles. The summed E-state index contributed by atoms with van der Waals surface area (Å²) in [5.41, 5.74) is 0.894. The van der Waals surface area contributed by atoms with E-state index in [9.17, 15) is 9.59 Å². The Labute approximate surface area is 162 Å². The van der Waals surface area contributed by atoms with Crippen LogP contribution in [-0.2, 0) is 4.79 Å². The Morgan fingerprint density at radius 2 is 1.89 bits per heavy atom. The summed E-state index contributed by atoms with van der Waals surface area (Å²) in [5.74, 6) is 0.440. The van der Waals surface area contributed by atoms with E-state index in [1.807, 2.05) is 37.3 Å². The van der Waals surface area contributed by atoms with Crippen molar-refractivity contribution in [3.63, 3.8) is 0 Å². The molecule has 0 bridgehead atoms. The Balaban J connectivity index is 1.96. The molecule has 2 heterocycles. The molecule has 0 aliphatic heterocycles. The summed E-state index contributed by atoms with van der Waals surface area (Å²) in [6, 6.07) is 12.8. The van der Waals surface area contributed by atoms with Crippen molar-refractivity contribution in [3.8, 4) is 5.69 Å². The molecule has 0 spiro atoms. The van der Waals surface area contributed by atoms with Gasteiger partial charge in [-0.3, -0.25) is 14.2 Å². The molecule has 1 amide bonds. The lowest BCUT2D eigenvalue weighted by Gasteiger charge is -2.17. The SMILES string of the molecule is CC(C)C(C)NC(=O)CSc1nc2ncccc2c(=O)n1-c1ccccc1. The van der Waals surface area contributed by atoms with Gasteiger partial charge >= 0.3 is 0 Å². The summed E-state index contributed by atoms with van der Waals surface area (Å²) in [4.78, 5) is 34.0. The van der Waals surface area contributed by atoms with Crippen molar-refractivity contribution in [2.45, 2.75) is 32.0 Å². The van der Waals surface area contributed by atoms with Gasteiger partial charge in [-0.15, -0.1) is 0 Å². The number of aromatic nitrogens is 3. The van der Waals surface area contributed by atoms with E-state index in [4.69, 9.17) is 0 Å². The largest absolute Gasteiger partial charge is 0.353 e. The van der Waals surface area contributed by atoms with E-state index in [0.717, 1.165) is 0 Å². The maximum Gasteiger partial charge on any atom is 0.268 e. The fourth-order valence-electron chi connectivity index (χ4n) is 2.49. The summed E-state index contributed by atoms with van der Waals surface area (Å²) in [5, 5.41) is 3.87. The number of thioether (sulfide) groups is 1. The lowest BCUT2D eigenvalue weighted by molar-refractivity contribution is -0.119. The minimum atomic E-state index is -0.197. The van der Waals surface area contributed by atoms with Gasteiger partial charge in [0.15, 0.2) is 10.8 Å². The third kappa shape index (κ3) is 4.36. The van der Waals surface area contributed by atoms with Gasteiger partial charge in [-0.1, -0.05) is 43.8 Å². The summed E-state index contributed by atoms with van der Waals surface area (Å²) in [6.07, 6.45) is 1.60. The molecule has 0 fully saturated rings. The van der Waals surface area contributed by atoms with Crippen molar-refractivity contribution in [1.82, 2.24) is 19.9 Å². The highest BCUT2D eigenvalue weighted by molar-refractivity contribution is 7.99. The fraction of sp³-hybridized carbons (Fsp3) is 0.300. The van der Waals surface area contributed by atoms with E-state index < -0.39 is 0 Å². The maximum atomic E-state index is 13.0. The van der Waals surface area contributed by atoms with Crippen LogP contribution in [0.4, 0.5) is 0 Å². The van der Waals surface area contributed by atoms with Gasteiger partial charge in [0.05, 0.1) is 16.8 Å². The maximum absolute atomic E-state index is 13.0. The quantitative estimate of drug-likeness (QED) is 0.524.